The van der Waals surface area contributed by atoms with Gasteiger partial charge in [-0.3, -0.25) is 4.79 Å². The molecule has 0 fully saturated rings. The predicted octanol–water partition coefficient (Wildman–Crippen LogP) is 1.64. The number of nitrogens with zero attached hydrogens (tertiary/aromatic N) is 1. The van der Waals surface area contributed by atoms with Gasteiger partial charge in [0.15, 0.2) is 5.76 Å². The van der Waals surface area contributed by atoms with Crippen molar-refractivity contribution >= 4 is 12.2 Å². The van der Waals surface area contributed by atoms with Crippen LogP contribution in [0.1, 0.15) is 5.69 Å². The van der Waals surface area contributed by atoms with Gasteiger partial charge in [-0.1, -0.05) is 5.16 Å². The minimum absolute atomic E-state index is 0.303. The van der Waals surface area contributed by atoms with Crippen LogP contribution >= 0.6 is 0 Å². The summed E-state index contributed by atoms with van der Waals surface area (Å²) in [5.41, 5.74) is 7.96. The average molecular weight is 232 g/mol. The van der Waals surface area contributed by atoms with E-state index in [0.29, 0.717) is 30.9 Å². The summed E-state index contributed by atoms with van der Waals surface area (Å²) < 4.78 is 9.78. The summed E-state index contributed by atoms with van der Waals surface area (Å²) in [6, 6.07) is 9.14. The van der Waals surface area contributed by atoms with Crippen molar-refractivity contribution < 1.29 is 14.1 Å². The zero-order valence-corrected chi connectivity index (χ0v) is 9.13. The van der Waals surface area contributed by atoms with Crippen molar-refractivity contribution in [3.63, 3.8) is 0 Å². The number of nitrogen functional groups attached to an aromatic ring is 1. The van der Waals surface area contributed by atoms with Gasteiger partial charge in [0.25, 0.3) is 6.47 Å². The molecule has 17 heavy (non-hydrogen) atoms. The van der Waals surface area contributed by atoms with Crippen LogP contribution in [0.25, 0.3) is 11.3 Å². The van der Waals surface area contributed by atoms with Gasteiger partial charge < -0.3 is 15.0 Å². The molecule has 0 atom stereocenters. The van der Waals surface area contributed by atoms with E-state index in [0.717, 1.165) is 11.3 Å². The molecular weight excluding hydrogens is 220 g/mol. The minimum atomic E-state index is 0.303. The highest BCUT2D eigenvalue weighted by molar-refractivity contribution is 5.60. The van der Waals surface area contributed by atoms with Crippen molar-refractivity contribution in [3.05, 3.63) is 36.0 Å². The number of carbonyl (C=O) groups is 1. The second-order valence-corrected chi connectivity index (χ2v) is 3.52. The molecule has 0 saturated carbocycles. The maximum Gasteiger partial charge on any atom is 0.293 e. The molecule has 0 unspecified atom stereocenters. The van der Waals surface area contributed by atoms with Gasteiger partial charge in [0, 0.05) is 23.7 Å². The van der Waals surface area contributed by atoms with Crippen molar-refractivity contribution in [3.8, 4) is 11.3 Å². The number of anilines is 1. The highest BCUT2D eigenvalue weighted by Gasteiger charge is 2.06. The number of nitrogens with two attached hydrogens (primary N) is 1. The molecule has 0 saturated heterocycles. The first-order valence-electron chi connectivity index (χ1n) is 5.16. The molecule has 88 valence electrons. The van der Waals surface area contributed by atoms with Gasteiger partial charge >= 0.3 is 0 Å². The Bertz CT molecular complexity index is 491. The molecule has 0 aliphatic rings. The molecule has 5 heteroatoms. The normalized spacial score (nSPS) is 10.1. The first kappa shape index (κ1) is 11.2. The number of rotatable bonds is 5. The van der Waals surface area contributed by atoms with E-state index in [1.54, 1.807) is 12.1 Å². The smallest absolute Gasteiger partial charge is 0.293 e. The fourth-order valence-electron chi connectivity index (χ4n) is 1.42. The third-order valence-corrected chi connectivity index (χ3v) is 2.30. The van der Waals surface area contributed by atoms with Gasteiger partial charge in [0.2, 0.25) is 0 Å². The summed E-state index contributed by atoms with van der Waals surface area (Å²) in [6.07, 6.45) is 0.539. The van der Waals surface area contributed by atoms with Gasteiger partial charge in [-0.05, 0) is 24.3 Å². The van der Waals surface area contributed by atoms with E-state index in [1.165, 1.54) is 0 Å². The summed E-state index contributed by atoms with van der Waals surface area (Å²) in [5, 5.41) is 3.88. The van der Waals surface area contributed by atoms with E-state index < -0.39 is 0 Å². The molecule has 0 aliphatic heterocycles. The Hall–Kier alpha value is -2.30. The lowest BCUT2D eigenvalue weighted by Crippen LogP contribution is -1.96. The molecule has 0 amide bonds. The fraction of sp³-hybridized carbons (Fsp3) is 0.167. The zero-order chi connectivity index (χ0) is 12.1. The van der Waals surface area contributed by atoms with E-state index >= 15 is 0 Å². The zero-order valence-electron chi connectivity index (χ0n) is 9.13. The summed E-state index contributed by atoms with van der Waals surface area (Å²) in [7, 11) is 0. The lowest BCUT2D eigenvalue weighted by molar-refractivity contribution is -0.128. The van der Waals surface area contributed by atoms with E-state index in [1.807, 2.05) is 18.2 Å². The Kier molecular flexibility index (Phi) is 3.40. The van der Waals surface area contributed by atoms with Crippen LogP contribution in [0.4, 0.5) is 5.69 Å². The van der Waals surface area contributed by atoms with E-state index in [2.05, 4.69) is 9.89 Å². The number of carbonyl (C=O) groups excluding carboxylic acids is 1. The lowest BCUT2D eigenvalue weighted by atomic mass is 10.1. The molecule has 2 rings (SSSR count). The van der Waals surface area contributed by atoms with Gasteiger partial charge in [0.05, 0.1) is 12.3 Å². The summed E-state index contributed by atoms with van der Waals surface area (Å²) in [6.45, 7) is 0.720. The van der Waals surface area contributed by atoms with Crippen LogP contribution in [0.3, 0.4) is 0 Å². The van der Waals surface area contributed by atoms with Crippen LogP contribution in [-0.2, 0) is 16.0 Å². The van der Waals surface area contributed by atoms with Crippen LogP contribution in [0.5, 0.6) is 0 Å². The molecule has 5 nitrogen and oxygen atoms in total. The molecule has 0 bridgehead atoms. The van der Waals surface area contributed by atoms with Crippen molar-refractivity contribution in [2.75, 3.05) is 12.3 Å². The van der Waals surface area contributed by atoms with Crippen molar-refractivity contribution in [1.29, 1.82) is 0 Å². The Balaban J connectivity index is 2.07. The highest BCUT2D eigenvalue weighted by atomic mass is 16.5. The number of hydrogen-bond acceptors (Lipinski definition) is 5. The number of ether oxygens (including phenoxy) is 1. The Morgan fingerprint density at radius 1 is 1.35 bits per heavy atom. The third-order valence-electron chi connectivity index (χ3n) is 2.30. The van der Waals surface area contributed by atoms with Gasteiger partial charge in [-0.15, -0.1) is 0 Å². The van der Waals surface area contributed by atoms with E-state index in [9.17, 15) is 4.79 Å². The molecular formula is C12H12N2O3. The second-order valence-electron chi connectivity index (χ2n) is 3.52. The molecule has 1 aromatic carbocycles. The Morgan fingerprint density at radius 2 is 2.12 bits per heavy atom. The Labute approximate surface area is 98.2 Å². The average Bonchev–Trinajstić information content (AvgIpc) is 2.79. The minimum Gasteiger partial charge on any atom is -0.467 e. The van der Waals surface area contributed by atoms with Crippen molar-refractivity contribution in [2.24, 2.45) is 0 Å². The van der Waals surface area contributed by atoms with Gasteiger partial charge in [-0.25, -0.2) is 0 Å². The van der Waals surface area contributed by atoms with Crippen molar-refractivity contribution in [1.82, 2.24) is 5.16 Å². The Morgan fingerprint density at radius 3 is 2.82 bits per heavy atom. The van der Waals surface area contributed by atoms with E-state index in [4.69, 9.17) is 10.3 Å². The maximum absolute atomic E-state index is 9.98. The van der Waals surface area contributed by atoms with Crippen LogP contribution < -0.4 is 5.73 Å². The quantitative estimate of drug-likeness (QED) is 0.481. The molecule has 0 aliphatic carbocycles. The molecule has 0 radical (unpaired) electrons. The number of benzene rings is 1. The van der Waals surface area contributed by atoms with Crippen molar-refractivity contribution in [2.45, 2.75) is 6.42 Å². The molecule has 1 aromatic heterocycles. The van der Waals surface area contributed by atoms with Crippen LogP contribution in [0, 0.1) is 0 Å². The van der Waals surface area contributed by atoms with Crippen LogP contribution in [0.15, 0.2) is 34.9 Å². The predicted molar refractivity (Wildman–Crippen MR) is 62.1 cm³/mol. The summed E-state index contributed by atoms with van der Waals surface area (Å²) >= 11 is 0. The second kappa shape index (κ2) is 5.16. The largest absolute Gasteiger partial charge is 0.467 e. The molecule has 0 spiro atoms. The van der Waals surface area contributed by atoms with Crippen LogP contribution in [-0.4, -0.2) is 18.2 Å². The van der Waals surface area contributed by atoms with Gasteiger partial charge in [-0.2, -0.15) is 0 Å². The van der Waals surface area contributed by atoms with Crippen LogP contribution in [0.2, 0.25) is 0 Å². The number of aromatic nitrogens is 1. The fourth-order valence-corrected chi connectivity index (χ4v) is 1.42. The first-order chi connectivity index (χ1) is 8.29. The monoisotopic (exact) mass is 232 g/mol. The summed E-state index contributed by atoms with van der Waals surface area (Å²) in [5.74, 6) is 0.672. The van der Waals surface area contributed by atoms with E-state index in [-0.39, 0.29) is 0 Å². The SMILES string of the molecule is Nc1ccc(-c2cc(CCOC=O)no2)cc1. The maximum atomic E-state index is 9.98. The standard InChI is InChI=1S/C12H12N2O3/c13-10-3-1-9(2-4-10)12-7-11(14-17-12)5-6-16-8-15/h1-4,7-8H,5-6,13H2. The lowest BCUT2D eigenvalue weighted by Gasteiger charge is -1.95. The third kappa shape index (κ3) is 2.84. The first-order valence-corrected chi connectivity index (χ1v) is 5.16. The topological polar surface area (TPSA) is 78.4 Å². The highest BCUT2D eigenvalue weighted by Crippen LogP contribution is 2.21. The molecule has 2 aromatic rings. The van der Waals surface area contributed by atoms with Gasteiger partial charge in [0.1, 0.15) is 0 Å². The summed E-state index contributed by atoms with van der Waals surface area (Å²) in [4.78, 5) is 9.98. The molecule has 1 heterocycles. The molecule has 2 N–H and O–H groups in total. The number of hydrogen-bond donors (Lipinski definition) is 1.